The van der Waals surface area contributed by atoms with E-state index >= 15 is 0 Å². The summed E-state index contributed by atoms with van der Waals surface area (Å²) in [5, 5.41) is 15.3. The Morgan fingerprint density at radius 1 is 1.53 bits per heavy atom. The first-order chi connectivity index (χ1) is 9.15. The van der Waals surface area contributed by atoms with Crippen molar-refractivity contribution in [2.75, 3.05) is 6.54 Å². The number of rotatable bonds is 6. The van der Waals surface area contributed by atoms with Crippen molar-refractivity contribution in [3.8, 4) is 18.1 Å². The predicted octanol–water partition coefficient (Wildman–Crippen LogP) is 1.75. The molecule has 0 unspecified atom stereocenters. The van der Waals surface area contributed by atoms with Crippen molar-refractivity contribution < 1.29 is 9.90 Å². The van der Waals surface area contributed by atoms with Crippen molar-refractivity contribution in [3.05, 3.63) is 40.3 Å². The highest BCUT2D eigenvalue weighted by Crippen LogP contribution is 2.14. The molecule has 98 valence electrons. The zero-order valence-corrected chi connectivity index (χ0v) is 10.3. The molecule has 1 atom stereocenters. The third kappa shape index (κ3) is 5.48. The van der Waals surface area contributed by atoms with Crippen LogP contribution in [0.25, 0.3) is 10.4 Å². The Bertz CT molecular complexity index is 512. The molecule has 1 amide bonds. The summed E-state index contributed by atoms with van der Waals surface area (Å²) in [6.45, 7) is 0.154. The summed E-state index contributed by atoms with van der Waals surface area (Å²) in [6, 6.07) is 6.04. The second-order valence-corrected chi connectivity index (χ2v) is 3.91. The van der Waals surface area contributed by atoms with Crippen molar-refractivity contribution in [1.29, 1.82) is 0 Å². The quantitative estimate of drug-likeness (QED) is 0.351. The molecule has 0 heterocycles. The van der Waals surface area contributed by atoms with Gasteiger partial charge in [0.25, 0.3) is 0 Å². The highest BCUT2D eigenvalue weighted by atomic mass is 16.3. The Morgan fingerprint density at radius 2 is 2.21 bits per heavy atom. The molecule has 0 aliphatic heterocycles. The topological polar surface area (TPSA) is 98.1 Å². The Labute approximate surface area is 111 Å². The Kier molecular flexibility index (Phi) is 5.80. The third-order valence-electron chi connectivity index (χ3n) is 2.43. The first-order valence-electron chi connectivity index (χ1n) is 5.68. The highest BCUT2D eigenvalue weighted by molar-refractivity contribution is 5.76. The molecule has 0 aromatic heterocycles. The molecular formula is C13H14N4O2. The van der Waals surface area contributed by atoms with Gasteiger partial charge in [-0.25, -0.2) is 0 Å². The van der Waals surface area contributed by atoms with Gasteiger partial charge in [0.2, 0.25) is 5.91 Å². The lowest BCUT2D eigenvalue weighted by atomic mass is 10.0. The summed E-state index contributed by atoms with van der Waals surface area (Å²) in [4.78, 5) is 14.2. The van der Waals surface area contributed by atoms with Crippen molar-refractivity contribution in [2.24, 2.45) is 5.11 Å². The largest absolute Gasteiger partial charge is 0.508 e. The second kappa shape index (κ2) is 7.64. The van der Waals surface area contributed by atoms with Crippen LogP contribution in [0.2, 0.25) is 0 Å². The average Bonchev–Trinajstić information content (AvgIpc) is 2.39. The van der Waals surface area contributed by atoms with Crippen LogP contribution < -0.4 is 5.32 Å². The zero-order valence-electron chi connectivity index (χ0n) is 10.3. The molecule has 19 heavy (non-hydrogen) atoms. The van der Waals surface area contributed by atoms with Gasteiger partial charge >= 0.3 is 0 Å². The molecule has 1 aromatic carbocycles. The van der Waals surface area contributed by atoms with Gasteiger partial charge in [-0.2, -0.15) is 0 Å². The molecule has 1 rings (SSSR count). The van der Waals surface area contributed by atoms with Crippen LogP contribution in [0.4, 0.5) is 0 Å². The molecule has 0 aliphatic rings. The minimum Gasteiger partial charge on any atom is -0.508 e. The number of hydrogen-bond donors (Lipinski definition) is 2. The Morgan fingerprint density at radius 3 is 2.79 bits per heavy atom. The fourth-order valence-electron chi connectivity index (χ4n) is 1.57. The van der Waals surface area contributed by atoms with Crippen LogP contribution in [-0.4, -0.2) is 23.6 Å². The fraction of sp³-hybridized carbons (Fsp3) is 0.308. The van der Waals surface area contributed by atoms with E-state index in [0.29, 0.717) is 6.42 Å². The van der Waals surface area contributed by atoms with E-state index in [-0.39, 0.29) is 24.6 Å². The van der Waals surface area contributed by atoms with E-state index in [0.717, 1.165) is 5.56 Å². The molecule has 6 heteroatoms. The van der Waals surface area contributed by atoms with E-state index in [4.69, 9.17) is 12.0 Å². The van der Waals surface area contributed by atoms with Gasteiger partial charge in [-0.05, 0) is 29.6 Å². The predicted molar refractivity (Wildman–Crippen MR) is 71.2 cm³/mol. The van der Waals surface area contributed by atoms with Gasteiger partial charge in [0.15, 0.2) is 0 Å². The number of carbonyl (C=O) groups excluding carboxylic acids is 1. The number of terminal acetylenes is 1. The van der Waals surface area contributed by atoms with Crippen molar-refractivity contribution in [2.45, 2.75) is 18.9 Å². The van der Waals surface area contributed by atoms with Crippen LogP contribution in [0, 0.1) is 12.3 Å². The lowest BCUT2D eigenvalue weighted by Crippen LogP contribution is -2.27. The summed E-state index contributed by atoms with van der Waals surface area (Å²) in [7, 11) is 0. The maximum Gasteiger partial charge on any atom is 0.221 e. The van der Waals surface area contributed by atoms with E-state index in [1.165, 1.54) is 0 Å². The SMILES string of the molecule is C#CCNC(=O)C[C@H](Cc1ccc(O)cc1)N=[N+]=[N-]. The molecule has 1 aromatic rings. The lowest BCUT2D eigenvalue weighted by Gasteiger charge is -2.10. The van der Waals surface area contributed by atoms with Crippen LogP contribution in [0.1, 0.15) is 12.0 Å². The van der Waals surface area contributed by atoms with Crippen molar-refractivity contribution in [3.63, 3.8) is 0 Å². The molecule has 0 saturated carbocycles. The van der Waals surface area contributed by atoms with E-state index in [1.807, 2.05) is 0 Å². The zero-order chi connectivity index (χ0) is 14.1. The number of amides is 1. The second-order valence-electron chi connectivity index (χ2n) is 3.91. The van der Waals surface area contributed by atoms with Gasteiger partial charge in [-0.15, -0.1) is 6.42 Å². The van der Waals surface area contributed by atoms with Crippen LogP contribution >= 0.6 is 0 Å². The summed E-state index contributed by atoms with van der Waals surface area (Å²) >= 11 is 0. The Balaban J connectivity index is 2.62. The summed E-state index contributed by atoms with van der Waals surface area (Å²) < 4.78 is 0. The minimum absolute atomic E-state index is 0.0760. The van der Waals surface area contributed by atoms with Crippen LogP contribution in [0.15, 0.2) is 29.4 Å². The summed E-state index contributed by atoms with van der Waals surface area (Å²) in [5.41, 5.74) is 9.38. The molecular weight excluding hydrogens is 244 g/mol. The molecule has 0 radical (unpaired) electrons. The van der Waals surface area contributed by atoms with Gasteiger partial charge in [-0.3, -0.25) is 4.79 Å². The number of phenols is 1. The number of aromatic hydroxyl groups is 1. The third-order valence-corrected chi connectivity index (χ3v) is 2.43. The van der Waals surface area contributed by atoms with Crippen molar-refractivity contribution >= 4 is 5.91 Å². The number of nitrogens with one attached hydrogen (secondary N) is 1. The van der Waals surface area contributed by atoms with E-state index in [2.05, 4.69) is 21.3 Å². The molecule has 0 aliphatic carbocycles. The number of hydrogen-bond acceptors (Lipinski definition) is 3. The Hall–Kier alpha value is -2.64. The van der Waals surface area contributed by atoms with Crippen LogP contribution in [-0.2, 0) is 11.2 Å². The standard InChI is InChI=1S/C13H14N4O2/c1-2-7-15-13(19)9-11(16-17-14)8-10-3-5-12(18)6-4-10/h1,3-6,11,18H,7-9H2,(H,15,19)/t11-/m0/s1. The number of benzene rings is 1. The van der Waals surface area contributed by atoms with Crippen molar-refractivity contribution in [1.82, 2.24) is 5.32 Å². The molecule has 0 saturated heterocycles. The molecule has 0 bridgehead atoms. The first kappa shape index (κ1) is 14.4. The molecule has 6 nitrogen and oxygen atoms in total. The number of phenolic OH excluding ortho intramolecular Hbond substituents is 1. The molecule has 0 spiro atoms. The van der Waals surface area contributed by atoms with E-state index in [9.17, 15) is 9.90 Å². The van der Waals surface area contributed by atoms with Gasteiger partial charge in [0, 0.05) is 11.3 Å². The maximum absolute atomic E-state index is 11.5. The van der Waals surface area contributed by atoms with Crippen LogP contribution in [0.3, 0.4) is 0 Å². The van der Waals surface area contributed by atoms with Gasteiger partial charge in [0.1, 0.15) is 5.75 Å². The van der Waals surface area contributed by atoms with E-state index < -0.39 is 6.04 Å². The van der Waals surface area contributed by atoms with Gasteiger partial charge in [0.05, 0.1) is 12.6 Å². The summed E-state index contributed by atoms with van der Waals surface area (Å²) in [5.74, 6) is 2.20. The smallest absolute Gasteiger partial charge is 0.221 e. The summed E-state index contributed by atoms with van der Waals surface area (Å²) in [6.07, 6.45) is 5.53. The highest BCUT2D eigenvalue weighted by Gasteiger charge is 2.12. The maximum atomic E-state index is 11.5. The number of nitrogens with zero attached hydrogens (tertiary/aromatic N) is 3. The fourth-order valence-corrected chi connectivity index (χ4v) is 1.57. The first-order valence-corrected chi connectivity index (χ1v) is 5.68. The minimum atomic E-state index is -0.479. The number of azide groups is 1. The van der Waals surface area contributed by atoms with Crippen LogP contribution in [0.5, 0.6) is 5.75 Å². The molecule has 0 fully saturated rings. The van der Waals surface area contributed by atoms with E-state index in [1.54, 1.807) is 24.3 Å². The normalized spacial score (nSPS) is 10.9. The lowest BCUT2D eigenvalue weighted by molar-refractivity contribution is -0.121. The molecule has 2 N–H and O–H groups in total. The number of carbonyl (C=O) groups is 1. The van der Waals surface area contributed by atoms with Gasteiger partial charge in [-0.1, -0.05) is 23.2 Å². The average molecular weight is 258 g/mol. The monoisotopic (exact) mass is 258 g/mol. The van der Waals surface area contributed by atoms with Gasteiger partial charge < -0.3 is 10.4 Å².